The molecule has 0 spiro atoms. The van der Waals surface area contributed by atoms with Gasteiger partial charge in [0.2, 0.25) is 5.82 Å². The van der Waals surface area contributed by atoms with Crippen LogP contribution in [0.3, 0.4) is 0 Å². The number of nitrogens with one attached hydrogen (secondary N) is 1. The van der Waals surface area contributed by atoms with Gasteiger partial charge in [-0.25, -0.2) is 9.47 Å². The van der Waals surface area contributed by atoms with Gasteiger partial charge in [-0.05, 0) is 12.8 Å². The van der Waals surface area contributed by atoms with Crippen molar-refractivity contribution in [2.24, 2.45) is 13.0 Å². The van der Waals surface area contributed by atoms with Gasteiger partial charge in [-0.3, -0.25) is 14.6 Å². The highest BCUT2D eigenvalue weighted by atomic mass is 16.2. The normalized spacial score (nSPS) is 19.5. The average Bonchev–Trinajstić information content (AvgIpc) is 2.44. The van der Waals surface area contributed by atoms with Crippen molar-refractivity contribution in [2.45, 2.75) is 12.8 Å². The van der Waals surface area contributed by atoms with Crippen LogP contribution in [0, 0.1) is 18.3 Å². The Morgan fingerprint density at radius 1 is 1.47 bits per heavy atom. The molecule has 0 fully saturated rings. The van der Waals surface area contributed by atoms with Gasteiger partial charge < -0.3 is 0 Å². The molecule has 2 rings (SSSR count). The first-order valence-corrected chi connectivity index (χ1v) is 5.40. The van der Waals surface area contributed by atoms with Crippen LogP contribution in [0.5, 0.6) is 0 Å². The number of nitrogens with zero attached hydrogens (tertiary/aromatic N) is 2. The number of rotatable bonds is 0. The van der Waals surface area contributed by atoms with E-state index in [9.17, 15) is 9.59 Å². The summed E-state index contributed by atoms with van der Waals surface area (Å²) >= 11 is 0. The van der Waals surface area contributed by atoms with Gasteiger partial charge in [-0.2, -0.15) is 0 Å². The van der Waals surface area contributed by atoms with Crippen molar-refractivity contribution in [2.75, 3.05) is 11.9 Å². The number of aromatic amines is 1. The van der Waals surface area contributed by atoms with Crippen LogP contribution in [0.25, 0.3) is 0 Å². The molecule has 1 aliphatic rings. The number of hydrogen-bond acceptors (Lipinski definition) is 2. The highest BCUT2D eigenvalue weighted by Gasteiger charge is 2.33. The number of anilines is 1. The highest BCUT2D eigenvalue weighted by molar-refractivity contribution is 5.95. The van der Waals surface area contributed by atoms with Crippen LogP contribution in [0.1, 0.15) is 12.0 Å². The second-order valence-corrected chi connectivity index (χ2v) is 4.17. The molecule has 0 saturated heterocycles. The minimum Gasteiger partial charge on any atom is -0.255 e. The number of carbonyl (C=O) groups is 1. The monoisotopic (exact) mass is 232 g/mol. The van der Waals surface area contributed by atoms with E-state index in [-0.39, 0.29) is 11.5 Å². The first-order valence-electron chi connectivity index (χ1n) is 5.40. The molecule has 1 aliphatic heterocycles. The van der Waals surface area contributed by atoms with Gasteiger partial charge in [0.05, 0.1) is 14.1 Å². The number of H-pyrrole nitrogens is 1. The maximum absolute atomic E-state index is 12.0. The van der Waals surface area contributed by atoms with E-state index in [2.05, 4.69) is 10.9 Å². The standard InChI is InChI=1S/C12H13N3O2/c1-4-8-5-6-9-10(15(3)11(8)16)13-7-14(2)12(9)17/h1,7-8H,5-6H2,2-3H3/p+1. The Morgan fingerprint density at radius 2 is 2.18 bits per heavy atom. The summed E-state index contributed by atoms with van der Waals surface area (Å²) < 4.78 is 1.47. The first-order chi connectivity index (χ1) is 8.06. The summed E-state index contributed by atoms with van der Waals surface area (Å²) in [5.41, 5.74) is 0.527. The van der Waals surface area contributed by atoms with E-state index in [1.165, 1.54) is 9.47 Å². The molecule has 0 radical (unpaired) electrons. The number of carbonyl (C=O) groups excluding carboxylic acids is 1. The van der Waals surface area contributed by atoms with E-state index in [4.69, 9.17) is 6.42 Å². The first kappa shape index (κ1) is 11.4. The lowest BCUT2D eigenvalue weighted by Gasteiger charge is -2.12. The van der Waals surface area contributed by atoms with E-state index in [1.807, 2.05) is 0 Å². The molecule has 0 saturated carbocycles. The number of hydrogen-bond donors (Lipinski definition) is 0. The van der Waals surface area contributed by atoms with E-state index in [0.717, 1.165) is 0 Å². The minimum absolute atomic E-state index is 0.0870. The Balaban J connectivity index is 2.59. The van der Waals surface area contributed by atoms with Gasteiger partial charge in [0, 0.05) is 0 Å². The summed E-state index contributed by atoms with van der Waals surface area (Å²) in [6, 6.07) is 0. The minimum atomic E-state index is -0.453. The molecule has 0 aromatic carbocycles. The fourth-order valence-electron chi connectivity index (χ4n) is 2.05. The summed E-state index contributed by atoms with van der Waals surface area (Å²) in [6.07, 6.45) is 7.91. The molecule has 0 bridgehead atoms. The Morgan fingerprint density at radius 3 is 2.82 bits per heavy atom. The van der Waals surface area contributed by atoms with Crippen LogP contribution in [-0.4, -0.2) is 17.5 Å². The van der Waals surface area contributed by atoms with E-state index < -0.39 is 5.92 Å². The SMILES string of the molecule is C#CC1CCc2c([nH+]cn(C)c2=O)N(C)C1=O. The smallest absolute Gasteiger partial charge is 0.255 e. The lowest BCUT2D eigenvalue weighted by molar-refractivity contribution is -0.371. The van der Waals surface area contributed by atoms with Crippen LogP contribution in [0.15, 0.2) is 11.1 Å². The molecule has 1 unspecified atom stereocenters. The second-order valence-electron chi connectivity index (χ2n) is 4.17. The molecule has 1 N–H and O–H groups in total. The third-order valence-electron chi connectivity index (χ3n) is 3.11. The highest BCUT2D eigenvalue weighted by Crippen LogP contribution is 2.21. The number of aromatic nitrogens is 2. The molecule has 1 amide bonds. The number of amides is 1. The summed E-state index contributed by atoms with van der Waals surface area (Å²) in [4.78, 5) is 28.4. The topological polar surface area (TPSA) is 56.5 Å². The third kappa shape index (κ3) is 1.72. The molecular formula is C12H14N3O2+. The number of fused-ring (bicyclic) bond motifs is 1. The van der Waals surface area contributed by atoms with Crippen molar-refractivity contribution in [1.82, 2.24) is 4.57 Å². The summed E-state index contributed by atoms with van der Waals surface area (Å²) in [5.74, 6) is 2.43. The van der Waals surface area contributed by atoms with Crippen molar-refractivity contribution in [1.29, 1.82) is 0 Å². The number of aryl methyl sites for hydroxylation is 1. The van der Waals surface area contributed by atoms with Gasteiger partial charge in [-0.15, -0.1) is 6.42 Å². The molecule has 1 atom stereocenters. The molecule has 17 heavy (non-hydrogen) atoms. The van der Waals surface area contributed by atoms with Gasteiger partial charge in [0.25, 0.3) is 5.91 Å². The Hall–Kier alpha value is -2.09. The molecule has 5 heteroatoms. The van der Waals surface area contributed by atoms with Crippen LogP contribution >= 0.6 is 0 Å². The summed E-state index contributed by atoms with van der Waals surface area (Å²) in [7, 11) is 3.30. The zero-order valence-electron chi connectivity index (χ0n) is 9.86. The van der Waals surface area contributed by atoms with Gasteiger partial charge >= 0.3 is 5.56 Å². The zero-order chi connectivity index (χ0) is 12.6. The van der Waals surface area contributed by atoms with Crippen LogP contribution < -0.4 is 15.4 Å². The molecule has 5 nitrogen and oxygen atoms in total. The predicted octanol–water partition coefficient (Wildman–Crippen LogP) is -0.642. The maximum atomic E-state index is 12.0. The lowest BCUT2D eigenvalue weighted by Crippen LogP contribution is -2.38. The van der Waals surface area contributed by atoms with Crippen LogP contribution in [0.2, 0.25) is 0 Å². The quantitative estimate of drug-likeness (QED) is 0.559. The second kappa shape index (κ2) is 4.06. The predicted molar refractivity (Wildman–Crippen MR) is 62.3 cm³/mol. The fraction of sp³-hybridized carbons (Fsp3) is 0.417. The van der Waals surface area contributed by atoms with Crippen molar-refractivity contribution in [3.05, 3.63) is 22.2 Å². The van der Waals surface area contributed by atoms with Crippen molar-refractivity contribution in [3.8, 4) is 12.3 Å². The molecule has 1 aromatic heterocycles. The molecule has 88 valence electrons. The Kier molecular flexibility index (Phi) is 2.72. The number of terminal acetylenes is 1. The summed E-state index contributed by atoms with van der Waals surface area (Å²) in [5, 5.41) is 0. The van der Waals surface area contributed by atoms with E-state index >= 15 is 0 Å². The average molecular weight is 232 g/mol. The summed E-state index contributed by atoms with van der Waals surface area (Å²) in [6.45, 7) is 0. The van der Waals surface area contributed by atoms with Crippen molar-refractivity contribution < 1.29 is 9.78 Å². The molecule has 0 aliphatic carbocycles. The van der Waals surface area contributed by atoms with Crippen molar-refractivity contribution >= 4 is 11.7 Å². The van der Waals surface area contributed by atoms with Gasteiger partial charge in [0.1, 0.15) is 11.5 Å². The third-order valence-corrected chi connectivity index (χ3v) is 3.11. The largest absolute Gasteiger partial charge is 0.315 e. The van der Waals surface area contributed by atoms with Gasteiger partial charge in [0.15, 0.2) is 6.33 Å². The molecule has 2 heterocycles. The Labute approximate surface area is 99.1 Å². The molecule has 1 aromatic rings. The zero-order valence-corrected chi connectivity index (χ0v) is 9.86. The van der Waals surface area contributed by atoms with Crippen LogP contribution in [0.4, 0.5) is 5.82 Å². The fourth-order valence-corrected chi connectivity index (χ4v) is 2.05. The Bertz CT molecular complexity index is 568. The van der Waals surface area contributed by atoms with E-state index in [0.29, 0.717) is 24.2 Å². The van der Waals surface area contributed by atoms with Crippen LogP contribution in [-0.2, 0) is 18.3 Å². The lowest BCUT2D eigenvalue weighted by atomic mass is 10.0. The van der Waals surface area contributed by atoms with Crippen molar-refractivity contribution in [3.63, 3.8) is 0 Å². The maximum Gasteiger partial charge on any atom is 0.315 e. The molecular weight excluding hydrogens is 218 g/mol. The van der Waals surface area contributed by atoms with E-state index in [1.54, 1.807) is 20.4 Å². The van der Waals surface area contributed by atoms with Gasteiger partial charge in [-0.1, -0.05) is 5.92 Å².